The number of unbranched alkanes of at least 4 members (excludes halogenated alkanes) is 1. The number of hydrogen-bond acceptors (Lipinski definition) is 5. The predicted octanol–water partition coefficient (Wildman–Crippen LogP) is 0.163. The molecule has 1 aliphatic heterocycles. The Balaban J connectivity index is 2.56. The van der Waals surface area contributed by atoms with Crippen LogP contribution in [-0.4, -0.2) is 51.4 Å². The van der Waals surface area contributed by atoms with Crippen LogP contribution < -0.4 is 5.32 Å². The van der Waals surface area contributed by atoms with Gasteiger partial charge in [0.1, 0.15) is 6.10 Å². The van der Waals surface area contributed by atoms with Crippen molar-refractivity contribution in [2.75, 3.05) is 6.61 Å². The first kappa shape index (κ1) is 19.0. The van der Waals surface area contributed by atoms with Crippen molar-refractivity contribution in [3.8, 4) is 0 Å². The van der Waals surface area contributed by atoms with E-state index in [0.29, 0.717) is 0 Å². The van der Waals surface area contributed by atoms with E-state index in [1.54, 1.807) is 12.2 Å². The van der Waals surface area contributed by atoms with Crippen molar-refractivity contribution in [2.45, 2.75) is 37.5 Å². The fourth-order valence-corrected chi connectivity index (χ4v) is 2.12. The number of aliphatic hydroxyl groups is 3. The first-order chi connectivity index (χ1) is 11.0. The van der Waals surface area contributed by atoms with Crippen molar-refractivity contribution in [3.05, 3.63) is 48.6 Å². The van der Waals surface area contributed by atoms with E-state index in [4.69, 9.17) is 5.11 Å². The normalized spacial score (nSPS) is 28.6. The molecule has 0 spiro atoms. The van der Waals surface area contributed by atoms with Crippen LogP contribution >= 0.6 is 0 Å². The molecule has 0 bridgehead atoms. The predicted molar refractivity (Wildman–Crippen MR) is 86.4 cm³/mol. The van der Waals surface area contributed by atoms with Crippen LogP contribution in [0.2, 0.25) is 0 Å². The Morgan fingerprint density at radius 3 is 2.48 bits per heavy atom. The third-order valence-corrected chi connectivity index (χ3v) is 3.50. The van der Waals surface area contributed by atoms with Gasteiger partial charge in [-0.1, -0.05) is 42.5 Å². The number of nitrogens with one attached hydrogen (secondary N) is 1. The zero-order valence-corrected chi connectivity index (χ0v) is 13.1. The first-order valence-corrected chi connectivity index (χ1v) is 7.46. The van der Waals surface area contributed by atoms with Gasteiger partial charge in [0.25, 0.3) is 5.91 Å². The summed E-state index contributed by atoms with van der Waals surface area (Å²) in [5, 5.41) is 31.1. The van der Waals surface area contributed by atoms with Gasteiger partial charge in [0, 0.05) is 0 Å². The highest BCUT2D eigenvalue weighted by atomic mass is 16.4. The van der Waals surface area contributed by atoms with Crippen LogP contribution in [0.4, 0.5) is 0 Å². The highest BCUT2D eigenvalue weighted by Crippen LogP contribution is 2.23. The van der Waals surface area contributed by atoms with E-state index >= 15 is 0 Å². The molecule has 0 aromatic carbocycles. The highest BCUT2D eigenvalue weighted by molar-refractivity contribution is 6.16. The Hall–Kier alpha value is -2.02. The minimum Gasteiger partial charge on any atom is -0.394 e. The molecule has 1 aliphatic rings. The second kappa shape index (κ2) is 9.19. The summed E-state index contributed by atoms with van der Waals surface area (Å²) in [6.07, 6.45) is 13.7. The van der Waals surface area contributed by atoms with Crippen LogP contribution in [0.25, 0.3) is 0 Å². The smallest absolute Gasteiger partial charge is 0.263 e. The van der Waals surface area contributed by atoms with Gasteiger partial charge in [0.05, 0.1) is 12.6 Å². The SMILES string of the molecule is C/C=C/CC/C=C/C=C/C=C\C(=O)[C@@]1(O)C(=O)N[C@@H](CO)[C@@H]1O. The Kier molecular flexibility index (Phi) is 7.61. The van der Waals surface area contributed by atoms with Crippen molar-refractivity contribution in [1.29, 1.82) is 0 Å². The minimum atomic E-state index is -2.56. The Bertz CT molecular complexity index is 535. The number of aliphatic hydroxyl groups excluding tert-OH is 2. The third kappa shape index (κ3) is 4.72. The van der Waals surface area contributed by atoms with Crippen LogP contribution in [0.3, 0.4) is 0 Å². The average molecular weight is 321 g/mol. The summed E-state index contributed by atoms with van der Waals surface area (Å²) in [6, 6.07) is -1.06. The fraction of sp³-hybridized carbons (Fsp3) is 0.412. The molecule has 1 fully saturated rings. The molecule has 6 heteroatoms. The molecule has 0 aliphatic carbocycles. The largest absolute Gasteiger partial charge is 0.394 e. The van der Waals surface area contributed by atoms with Gasteiger partial charge in [0.15, 0.2) is 5.78 Å². The molecular weight excluding hydrogens is 298 g/mol. The number of rotatable bonds is 8. The van der Waals surface area contributed by atoms with E-state index in [1.165, 1.54) is 6.08 Å². The maximum atomic E-state index is 12.0. The van der Waals surface area contributed by atoms with E-state index in [0.717, 1.165) is 18.9 Å². The highest BCUT2D eigenvalue weighted by Gasteiger charge is 2.57. The van der Waals surface area contributed by atoms with Gasteiger partial charge >= 0.3 is 0 Å². The summed E-state index contributed by atoms with van der Waals surface area (Å²) in [5.74, 6) is -1.94. The molecule has 23 heavy (non-hydrogen) atoms. The molecule has 3 atom stereocenters. The lowest BCUT2D eigenvalue weighted by Gasteiger charge is -2.21. The quantitative estimate of drug-likeness (QED) is 0.168. The lowest BCUT2D eigenvalue weighted by atomic mass is 9.91. The Morgan fingerprint density at radius 2 is 1.87 bits per heavy atom. The summed E-state index contributed by atoms with van der Waals surface area (Å²) in [7, 11) is 0. The van der Waals surface area contributed by atoms with E-state index in [1.807, 2.05) is 25.2 Å². The number of hydrogen-bond donors (Lipinski definition) is 4. The molecule has 1 rings (SSSR count). The number of amides is 1. The second-order valence-corrected chi connectivity index (χ2v) is 5.16. The molecule has 6 nitrogen and oxygen atoms in total. The summed E-state index contributed by atoms with van der Waals surface area (Å²) in [5.41, 5.74) is -2.56. The van der Waals surface area contributed by atoms with Crippen molar-refractivity contribution >= 4 is 11.7 Å². The van der Waals surface area contributed by atoms with Gasteiger partial charge in [-0.05, 0) is 25.8 Å². The number of carbonyl (C=O) groups excluding carboxylic acids is 2. The minimum absolute atomic E-state index is 0.565. The number of allylic oxidation sites excluding steroid dienone is 7. The second-order valence-electron chi connectivity index (χ2n) is 5.16. The topological polar surface area (TPSA) is 107 Å². The molecule has 1 heterocycles. The van der Waals surface area contributed by atoms with Crippen LogP contribution in [0.15, 0.2) is 48.6 Å². The summed E-state index contributed by atoms with van der Waals surface area (Å²) < 4.78 is 0. The van der Waals surface area contributed by atoms with Crippen molar-refractivity contribution in [3.63, 3.8) is 0 Å². The number of ketones is 1. The van der Waals surface area contributed by atoms with E-state index in [9.17, 15) is 19.8 Å². The van der Waals surface area contributed by atoms with Gasteiger partial charge in [-0.3, -0.25) is 9.59 Å². The monoisotopic (exact) mass is 321 g/mol. The molecule has 126 valence electrons. The fourth-order valence-electron chi connectivity index (χ4n) is 2.12. The van der Waals surface area contributed by atoms with Gasteiger partial charge < -0.3 is 20.6 Å². The molecule has 0 saturated carbocycles. The zero-order chi connectivity index (χ0) is 17.3. The molecular formula is C17H23NO5. The molecule has 4 N–H and O–H groups in total. The standard InChI is InChI=1S/C17H23NO5/c1-2-3-4-5-6-7-8-9-10-11-14(20)17(23)15(21)13(12-19)18-16(17)22/h2-3,6-11,13,15,19,21,23H,4-5,12H2,1H3,(H,18,22)/b3-2+,7-6+,9-8+,11-10-/t13-,15-,17-/m0/s1. The summed E-state index contributed by atoms with van der Waals surface area (Å²) >= 11 is 0. The van der Waals surface area contributed by atoms with E-state index in [-0.39, 0.29) is 0 Å². The Morgan fingerprint density at radius 1 is 1.22 bits per heavy atom. The molecule has 0 radical (unpaired) electrons. The molecule has 1 saturated heterocycles. The molecule has 0 aromatic rings. The first-order valence-electron chi connectivity index (χ1n) is 7.46. The van der Waals surface area contributed by atoms with E-state index in [2.05, 4.69) is 11.4 Å². The third-order valence-electron chi connectivity index (χ3n) is 3.50. The molecule has 0 unspecified atom stereocenters. The van der Waals surface area contributed by atoms with Gasteiger partial charge in [-0.2, -0.15) is 0 Å². The van der Waals surface area contributed by atoms with Crippen LogP contribution in [0.1, 0.15) is 19.8 Å². The van der Waals surface area contributed by atoms with Crippen molar-refractivity contribution < 1.29 is 24.9 Å². The maximum Gasteiger partial charge on any atom is 0.263 e. The van der Waals surface area contributed by atoms with Crippen molar-refractivity contribution in [1.82, 2.24) is 5.32 Å². The summed E-state index contributed by atoms with van der Waals surface area (Å²) in [6.45, 7) is 1.40. The van der Waals surface area contributed by atoms with E-state index < -0.39 is 36.0 Å². The van der Waals surface area contributed by atoms with Gasteiger partial charge in [-0.25, -0.2) is 0 Å². The average Bonchev–Trinajstić information content (AvgIpc) is 2.77. The lowest BCUT2D eigenvalue weighted by Crippen LogP contribution is -2.52. The van der Waals surface area contributed by atoms with Crippen molar-refractivity contribution in [2.24, 2.45) is 0 Å². The summed E-state index contributed by atoms with van der Waals surface area (Å²) in [4.78, 5) is 23.6. The number of carbonyl (C=O) groups is 2. The Labute approximate surface area is 135 Å². The van der Waals surface area contributed by atoms with Gasteiger partial charge in [-0.15, -0.1) is 0 Å². The van der Waals surface area contributed by atoms with Crippen LogP contribution in [0.5, 0.6) is 0 Å². The molecule has 0 aromatic heterocycles. The zero-order valence-electron chi connectivity index (χ0n) is 13.1. The molecule has 1 amide bonds. The maximum absolute atomic E-state index is 12.0. The van der Waals surface area contributed by atoms with Crippen LogP contribution in [-0.2, 0) is 9.59 Å². The van der Waals surface area contributed by atoms with Crippen LogP contribution in [0, 0.1) is 0 Å². The van der Waals surface area contributed by atoms with Gasteiger partial charge in [0.2, 0.25) is 5.60 Å². The lowest BCUT2D eigenvalue weighted by molar-refractivity contribution is -0.154.